The van der Waals surface area contributed by atoms with Gasteiger partial charge in [0.2, 0.25) is 0 Å². The molecule has 2 aliphatic heterocycles. The van der Waals surface area contributed by atoms with E-state index in [1.54, 1.807) is 18.3 Å². The van der Waals surface area contributed by atoms with Crippen molar-refractivity contribution in [3.8, 4) is 17.2 Å². The summed E-state index contributed by atoms with van der Waals surface area (Å²) in [6, 6.07) is 14.5. The minimum absolute atomic E-state index is 0.0165. The molecule has 0 radical (unpaired) electrons. The Hall–Kier alpha value is -5.85. The number of H-pyrrole nitrogens is 1. The van der Waals surface area contributed by atoms with Gasteiger partial charge in [0.05, 0.1) is 18.6 Å². The highest BCUT2D eigenvalue weighted by molar-refractivity contribution is 6.13. The third-order valence-electron chi connectivity index (χ3n) is 13.2. The first kappa shape index (κ1) is 39.6. The van der Waals surface area contributed by atoms with E-state index in [-0.39, 0.29) is 22.9 Å². The van der Waals surface area contributed by atoms with Crippen LogP contribution in [0.4, 0.5) is 5.69 Å². The second kappa shape index (κ2) is 14.4. The third-order valence-corrected chi connectivity index (χ3v) is 13.2. The van der Waals surface area contributed by atoms with Crippen LogP contribution in [0.2, 0.25) is 0 Å². The van der Waals surface area contributed by atoms with E-state index in [1.807, 2.05) is 36.4 Å². The fourth-order valence-corrected chi connectivity index (χ4v) is 10.5. The summed E-state index contributed by atoms with van der Waals surface area (Å²) in [7, 11) is 0. The number of allylic oxidation sites excluding steroid dienone is 2. The summed E-state index contributed by atoms with van der Waals surface area (Å²) >= 11 is 0. The molecule has 3 aliphatic carbocycles. The second-order valence-corrected chi connectivity index (χ2v) is 16.2. The molecule has 312 valence electrons. The fraction of sp³-hybridized carbons (Fsp3) is 0.341. The number of imidazole rings is 1. The van der Waals surface area contributed by atoms with Gasteiger partial charge in [-0.3, -0.25) is 9.69 Å². The molecule has 3 heterocycles. The van der Waals surface area contributed by atoms with Gasteiger partial charge in [-0.05, 0) is 71.2 Å². The first-order valence-electron chi connectivity index (χ1n) is 19.6. The summed E-state index contributed by atoms with van der Waals surface area (Å²) in [6.45, 7) is -0.896. The zero-order chi connectivity index (χ0) is 42.3. The number of amides is 1. The van der Waals surface area contributed by atoms with Gasteiger partial charge in [-0.15, -0.1) is 0 Å². The zero-order valence-corrected chi connectivity index (χ0v) is 31.9. The van der Waals surface area contributed by atoms with Crippen LogP contribution < -0.4 is 15.4 Å². The maximum absolute atomic E-state index is 14.8. The number of carbonyl (C=O) groups is 2. The van der Waals surface area contributed by atoms with Gasteiger partial charge in [0.25, 0.3) is 5.91 Å². The van der Waals surface area contributed by atoms with Gasteiger partial charge >= 0.3 is 11.9 Å². The molecule has 1 aromatic heterocycles. The average molecular weight is 821 g/mol. The molecular weight excluding hydrogens is 776 g/mol. The first-order valence-corrected chi connectivity index (χ1v) is 19.6. The highest BCUT2D eigenvalue weighted by Crippen LogP contribution is 2.66. The predicted octanol–water partition coefficient (Wildman–Crippen LogP) is 1.77. The quantitative estimate of drug-likeness (QED) is 0.0655. The van der Waals surface area contributed by atoms with Crippen molar-refractivity contribution in [2.45, 2.75) is 72.6 Å². The number of aromatic amines is 1. The Kier molecular flexibility index (Phi) is 9.51. The summed E-state index contributed by atoms with van der Waals surface area (Å²) in [5.41, 5.74) is 8.11. The largest absolute Gasteiger partial charge is 0.508 e. The molecule has 1 amide bonds. The second-order valence-electron chi connectivity index (χ2n) is 16.2. The Balaban J connectivity index is 1.18. The summed E-state index contributed by atoms with van der Waals surface area (Å²) < 4.78 is 10.9. The maximum Gasteiger partial charge on any atom is 0.355 e. The van der Waals surface area contributed by atoms with E-state index in [2.05, 4.69) is 16.0 Å². The lowest BCUT2D eigenvalue weighted by Gasteiger charge is -2.49. The number of aliphatic hydroxyl groups is 5. The van der Waals surface area contributed by atoms with E-state index in [0.29, 0.717) is 24.0 Å². The number of hydrogen-bond acceptors (Lipinski definition) is 13. The SMILES string of the molecule is NC1CCC2C=Cc3ccccc3C12C1C=CC2(C(=O)O)C1c1cc(O)c(OC3(O)OC(CO)C(O)C(O)C3O)cc1N2C(=O)C=Cc1ccc(O)c(Cc2cnc[nH]2)c1. The van der Waals surface area contributed by atoms with Gasteiger partial charge < -0.3 is 61.0 Å². The van der Waals surface area contributed by atoms with Gasteiger partial charge in [0.1, 0.15) is 24.1 Å². The molecule has 11 unspecified atom stereocenters. The van der Waals surface area contributed by atoms with Crippen molar-refractivity contribution >= 4 is 29.7 Å². The molecular formula is C44H44N4O12. The van der Waals surface area contributed by atoms with Crippen LogP contribution in [0.3, 0.4) is 0 Å². The molecule has 4 aromatic rings. The molecule has 0 spiro atoms. The molecule has 0 bridgehead atoms. The normalized spacial score (nSPS) is 33.7. The van der Waals surface area contributed by atoms with Crippen molar-refractivity contribution in [3.63, 3.8) is 0 Å². The number of hydrogen-bond donors (Lipinski definition) is 10. The number of carboxylic acid groups (broad SMARTS) is 1. The number of phenolic OH excluding ortho intramolecular Hbond substituents is 2. The number of carbonyl (C=O) groups excluding carboxylic acids is 1. The van der Waals surface area contributed by atoms with Crippen molar-refractivity contribution in [2.75, 3.05) is 11.5 Å². The number of aromatic hydroxyl groups is 2. The lowest BCUT2D eigenvalue weighted by atomic mass is 9.55. The molecule has 5 aliphatic rings. The minimum Gasteiger partial charge on any atom is -0.508 e. The highest BCUT2D eigenvalue weighted by atomic mass is 16.8. The van der Waals surface area contributed by atoms with Crippen LogP contribution in [0.1, 0.15) is 52.3 Å². The number of aromatic nitrogens is 2. The van der Waals surface area contributed by atoms with Gasteiger partial charge in [-0.1, -0.05) is 54.6 Å². The molecule has 16 heteroatoms. The van der Waals surface area contributed by atoms with E-state index in [9.17, 15) is 50.4 Å². The topological polar surface area (TPSA) is 272 Å². The highest BCUT2D eigenvalue weighted by Gasteiger charge is 2.69. The molecule has 3 aromatic carbocycles. The van der Waals surface area contributed by atoms with Crippen molar-refractivity contribution in [2.24, 2.45) is 17.6 Å². The Morgan fingerprint density at radius 2 is 1.83 bits per heavy atom. The molecule has 2 fully saturated rings. The van der Waals surface area contributed by atoms with Crippen LogP contribution in [0.5, 0.6) is 17.2 Å². The van der Waals surface area contributed by atoms with E-state index in [1.165, 1.54) is 36.7 Å². The zero-order valence-electron chi connectivity index (χ0n) is 31.9. The molecule has 1 saturated heterocycles. The maximum atomic E-state index is 14.8. The molecule has 1 saturated carbocycles. The molecule has 9 rings (SSSR count). The number of rotatable bonds is 9. The third kappa shape index (κ3) is 5.74. The van der Waals surface area contributed by atoms with Crippen LogP contribution in [-0.2, 0) is 26.2 Å². The number of anilines is 1. The summed E-state index contributed by atoms with van der Waals surface area (Å²) in [6.07, 6.45) is 7.15. The van der Waals surface area contributed by atoms with Gasteiger partial charge in [-0.2, -0.15) is 0 Å². The van der Waals surface area contributed by atoms with Crippen LogP contribution in [0.25, 0.3) is 12.2 Å². The van der Waals surface area contributed by atoms with Crippen LogP contribution in [-0.4, -0.2) is 111 Å². The molecule has 16 nitrogen and oxygen atoms in total. The summed E-state index contributed by atoms with van der Waals surface area (Å²) in [5, 5.41) is 86.4. The number of nitrogens with one attached hydrogen (secondary N) is 1. The first-order chi connectivity index (χ1) is 28.7. The summed E-state index contributed by atoms with van der Waals surface area (Å²) in [5.74, 6) is -8.26. The predicted molar refractivity (Wildman–Crippen MR) is 213 cm³/mol. The Morgan fingerprint density at radius 1 is 1.03 bits per heavy atom. The van der Waals surface area contributed by atoms with Crippen LogP contribution in [0, 0.1) is 11.8 Å². The Bertz CT molecular complexity index is 2450. The summed E-state index contributed by atoms with van der Waals surface area (Å²) in [4.78, 5) is 37.0. The molecule has 60 heavy (non-hydrogen) atoms. The number of carboxylic acids is 1. The monoisotopic (exact) mass is 820 g/mol. The molecule has 11 atom stereocenters. The fourth-order valence-electron chi connectivity index (χ4n) is 10.5. The number of nitrogens with two attached hydrogens (primary N) is 1. The van der Waals surface area contributed by atoms with Crippen molar-refractivity contribution in [3.05, 3.63) is 125 Å². The van der Waals surface area contributed by atoms with E-state index in [0.717, 1.165) is 34.2 Å². The molecule has 11 N–H and O–H groups in total. The van der Waals surface area contributed by atoms with Gasteiger partial charge in [0, 0.05) is 53.4 Å². The average Bonchev–Trinajstić information content (AvgIpc) is 4.03. The van der Waals surface area contributed by atoms with Crippen molar-refractivity contribution < 1.29 is 59.9 Å². The lowest BCUT2D eigenvalue weighted by Crippen LogP contribution is -2.67. The number of nitrogens with zero attached hydrogens (tertiary/aromatic N) is 2. The number of fused-ring (bicyclic) bond motifs is 6. The van der Waals surface area contributed by atoms with E-state index >= 15 is 0 Å². The Morgan fingerprint density at radius 3 is 2.58 bits per heavy atom. The van der Waals surface area contributed by atoms with Gasteiger partial charge in [0.15, 0.2) is 23.1 Å². The van der Waals surface area contributed by atoms with Crippen LogP contribution >= 0.6 is 0 Å². The number of phenols is 2. The van der Waals surface area contributed by atoms with Gasteiger partial charge in [-0.25, -0.2) is 9.78 Å². The number of aliphatic hydroxyl groups excluding tert-OH is 4. The van der Waals surface area contributed by atoms with Crippen LogP contribution in [0.15, 0.2) is 91.4 Å². The smallest absolute Gasteiger partial charge is 0.355 e. The lowest BCUT2D eigenvalue weighted by molar-refractivity contribution is -0.422. The Labute approximate surface area is 342 Å². The minimum atomic E-state index is -3.14. The van der Waals surface area contributed by atoms with Crippen molar-refractivity contribution in [1.29, 1.82) is 0 Å². The van der Waals surface area contributed by atoms with Crippen molar-refractivity contribution in [1.82, 2.24) is 9.97 Å². The van der Waals surface area contributed by atoms with E-state index < -0.39 is 89.2 Å². The number of ether oxygens (including phenoxy) is 2. The number of aliphatic carboxylic acids is 1. The number of benzene rings is 3. The standard InChI is InChI=1S/C44H44N4O12/c45-35-11-9-25-8-7-23-3-1-2-4-28(23)43(25,35)29-13-14-42(41(56)57)37(29)27-17-32(51)33(59-44(58)40(55)39(54)38(53)34(20-49)60-44)18-30(27)48(42)36(52)12-6-22-5-10-31(50)24(15-22)16-26-19-46-21-47-26/h1-8,10,12-15,17-19,21,25,29,34-35,37-40,49-51,53-55,58H,9,11,16,20,45H2,(H,46,47)(H,56,57). The van der Waals surface area contributed by atoms with E-state index in [4.69, 9.17) is 15.2 Å².